The molecule has 0 spiro atoms. The lowest BCUT2D eigenvalue weighted by Gasteiger charge is -2.18. The summed E-state index contributed by atoms with van der Waals surface area (Å²) in [5.74, 6) is 1.26. The topological polar surface area (TPSA) is 69.7 Å². The van der Waals surface area contributed by atoms with Crippen LogP contribution in [0.4, 0.5) is 5.13 Å². The van der Waals surface area contributed by atoms with E-state index < -0.39 is 0 Å². The summed E-state index contributed by atoms with van der Waals surface area (Å²) in [6, 6.07) is 5.69. The van der Waals surface area contributed by atoms with Gasteiger partial charge in [0, 0.05) is 17.6 Å². The number of fused-ring (bicyclic) bond motifs is 1. The molecule has 0 unspecified atom stereocenters. The lowest BCUT2D eigenvalue weighted by atomic mass is 10.1. The van der Waals surface area contributed by atoms with Crippen molar-refractivity contribution in [3.05, 3.63) is 23.6 Å². The van der Waals surface area contributed by atoms with Gasteiger partial charge in [0.15, 0.2) is 16.6 Å². The standard InChI is InChI=1S/C15H16N2O4S/c1-2-19-8-14(18)17-15-16-11(9-22-15)10-3-4-12-13(7-10)21-6-5-20-12/h3-4,7,9H,2,5-6,8H2,1H3,(H,16,17,18). The zero-order valence-electron chi connectivity index (χ0n) is 12.1. The summed E-state index contributed by atoms with van der Waals surface area (Å²) in [6.07, 6.45) is 0. The van der Waals surface area contributed by atoms with E-state index in [-0.39, 0.29) is 12.5 Å². The zero-order valence-corrected chi connectivity index (χ0v) is 12.9. The maximum Gasteiger partial charge on any atom is 0.252 e. The summed E-state index contributed by atoms with van der Waals surface area (Å²) in [6.45, 7) is 3.51. The molecule has 1 aliphatic rings. The number of amides is 1. The van der Waals surface area contributed by atoms with Crippen molar-refractivity contribution in [2.24, 2.45) is 0 Å². The number of ether oxygens (including phenoxy) is 3. The molecular formula is C15H16N2O4S. The van der Waals surface area contributed by atoms with E-state index in [1.807, 2.05) is 30.5 Å². The van der Waals surface area contributed by atoms with Gasteiger partial charge in [-0.3, -0.25) is 10.1 Å². The molecule has 6 nitrogen and oxygen atoms in total. The third-order valence-electron chi connectivity index (χ3n) is 3.03. The average molecular weight is 320 g/mol. The molecule has 22 heavy (non-hydrogen) atoms. The van der Waals surface area contributed by atoms with Crippen molar-refractivity contribution < 1.29 is 19.0 Å². The van der Waals surface area contributed by atoms with E-state index in [1.165, 1.54) is 11.3 Å². The van der Waals surface area contributed by atoms with Gasteiger partial charge in [-0.25, -0.2) is 4.98 Å². The Hall–Kier alpha value is -2.12. The predicted molar refractivity (Wildman–Crippen MR) is 83.7 cm³/mol. The third-order valence-corrected chi connectivity index (χ3v) is 3.78. The fourth-order valence-electron chi connectivity index (χ4n) is 2.02. The number of rotatable bonds is 5. The molecule has 0 aliphatic carbocycles. The maximum atomic E-state index is 11.6. The number of aromatic nitrogens is 1. The molecule has 7 heteroatoms. The number of nitrogens with zero attached hydrogens (tertiary/aromatic N) is 1. The molecule has 1 aromatic carbocycles. The van der Waals surface area contributed by atoms with Crippen molar-refractivity contribution in [3.8, 4) is 22.8 Å². The Labute approximate surface area is 132 Å². The summed E-state index contributed by atoms with van der Waals surface area (Å²) in [5.41, 5.74) is 1.71. The summed E-state index contributed by atoms with van der Waals surface area (Å²) in [4.78, 5) is 16.0. The van der Waals surface area contributed by atoms with E-state index in [0.717, 1.165) is 22.8 Å². The van der Waals surface area contributed by atoms with Crippen LogP contribution in [0, 0.1) is 0 Å². The molecule has 2 heterocycles. The largest absolute Gasteiger partial charge is 0.486 e. The molecule has 0 fully saturated rings. The second kappa shape index (κ2) is 6.76. The highest BCUT2D eigenvalue weighted by Gasteiger charge is 2.14. The first kappa shape index (κ1) is 14.8. The van der Waals surface area contributed by atoms with Crippen LogP contribution in [-0.2, 0) is 9.53 Å². The number of hydrogen-bond donors (Lipinski definition) is 1. The molecule has 2 aromatic rings. The Bertz CT molecular complexity index is 671. The smallest absolute Gasteiger partial charge is 0.252 e. The molecule has 0 radical (unpaired) electrons. The van der Waals surface area contributed by atoms with Gasteiger partial charge in [0.1, 0.15) is 19.8 Å². The van der Waals surface area contributed by atoms with Gasteiger partial charge >= 0.3 is 0 Å². The van der Waals surface area contributed by atoms with Gasteiger partial charge in [-0.15, -0.1) is 11.3 Å². The van der Waals surface area contributed by atoms with E-state index in [1.54, 1.807) is 0 Å². The van der Waals surface area contributed by atoms with Crippen molar-refractivity contribution in [2.45, 2.75) is 6.92 Å². The van der Waals surface area contributed by atoms with Gasteiger partial charge < -0.3 is 14.2 Å². The number of nitrogens with one attached hydrogen (secondary N) is 1. The lowest BCUT2D eigenvalue weighted by Crippen LogP contribution is -2.18. The number of hydrogen-bond acceptors (Lipinski definition) is 6. The van der Waals surface area contributed by atoms with Crippen molar-refractivity contribution in [2.75, 3.05) is 31.7 Å². The first-order chi connectivity index (χ1) is 10.8. The van der Waals surface area contributed by atoms with Gasteiger partial charge in [-0.05, 0) is 25.1 Å². The Balaban J connectivity index is 1.72. The second-order valence-corrected chi connectivity index (χ2v) is 5.44. The molecule has 0 bridgehead atoms. The molecule has 116 valence electrons. The molecule has 3 rings (SSSR count). The monoisotopic (exact) mass is 320 g/mol. The Morgan fingerprint density at radius 1 is 1.36 bits per heavy atom. The normalized spacial score (nSPS) is 13.0. The third kappa shape index (κ3) is 3.37. The number of carbonyl (C=O) groups excluding carboxylic acids is 1. The number of anilines is 1. The van der Waals surface area contributed by atoms with Crippen LogP contribution in [-0.4, -0.2) is 37.3 Å². The number of benzene rings is 1. The van der Waals surface area contributed by atoms with Gasteiger partial charge in [0.25, 0.3) is 5.91 Å². The van der Waals surface area contributed by atoms with Crippen molar-refractivity contribution >= 4 is 22.4 Å². The molecular weight excluding hydrogens is 304 g/mol. The minimum atomic E-state index is -0.204. The van der Waals surface area contributed by atoms with E-state index in [9.17, 15) is 4.79 Å². The van der Waals surface area contributed by atoms with Crippen LogP contribution in [0.2, 0.25) is 0 Å². The van der Waals surface area contributed by atoms with Crippen LogP contribution in [0.5, 0.6) is 11.5 Å². The van der Waals surface area contributed by atoms with Crippen molar-refractivity contribution in [1.82, 2.24) is 4.98 Å². The molecule has 0 atom stereocenters. The second-order valence-electron chi connectivity index (χ2n) is 4.58. The van der Waals surface area contributed by atoms with Crippen LogP contribution >= 0.6 is 11.3 Å². The van der Waals surface area contributed by atoms with Gasteiger partial charge in [-0.1, -0.05) is 0 Å². The molecule has 1 aliphatic heterocycles. The summed E-state index contributed by atoms with van der Waals surface area (Å²) >= 11 is 1.37. The average Bonchev–Trinajstić information content (AvgIpc) is 3.01. The van der Waals surface area contributed by atoms with Crippen LogP contribution < -0.4 is 14.8 Å². The fraction of sp³-hybridized carbons (Fsp3) is 0.333. The Morgan fingerprint density at radius 3 is 3.00 bits per heavy atom. The van der Waals surface area contributed by atoms with Crippen LogP contribution in [0.1, 0.15) is 6.92 Å². The first-order valence-electron chi connectivity index (χ1n) is 6.99. The highest BCUT2D eigenvalue weighted by Crippen LogP contribution is 2.35. The summed E-state index contributed by atoms with van der Waals surface area (Å²) in [5, 5.41) is 5.16. The fourth-order valence-corrected chi connectivity index (χ4v) is 2.75. The van der Waals surface area contributed by atoms with Crippen molar-refractivity contribution in [1.29, 1.82) is 0 Å². The van der Waals surface area contributed by atoms with Crippen LogP contribution in [0.15, 0.2) is 23.6 Å². The van der Waals surface area contributed by atoms with Gasteiger partial charge in [0.05, 0.1) is 5.69 Å². The van der Waals surface area contributed by atoms with Crippen LogP contribution in [0.3, 0.4) is 0 Å². The SMILES string of the molecule is CCOCC(=O)Nc1nc(-c2ccc3c(c2)OCCO3)cs1. The molecule has 0 saturated heterocycles. The minimum Gasteiger partial charge on any atom is -0.486 e. The Kier molecular flexibility index (Phi) is 4.55. The summed E-state index contributed by atoms with van der Waals surface area (Å²) < 4.78 is 16.1. The van der Waals surface area contributed by atoms with E-state index in [0.29, 0.717) is 25.0 Å². The van der Waals surface area contributed by atoms with E-state index in [2.05, 4.69) is 10.3 Å². The highest BCUT2D eigenvalue weighted by molar-refractivity contribution is 7.14. The number of carbonyl (C=O) groups is 1. The summed E-state index contributed by atoms with van der Waals surface area (Å²) in [7, 11) is 0. The predicted octanol–water partition coefficient (Wildman–Crippen LogP) is 2.56. The highest BCUT2D eigenvalue weighted by atomic mass is 32.1. The van der Waals surface area contributed by atoms with Gasteiger partial charge in [0.2, 0.25) is 0 Å². The molecule has 1 N–H and O–H groups in total. The van der Waals surface area contributed by atoms with Crippen LogP contribution in [0.25, 0.3) is 11.3 Å². The maximum absolute atomic E-state index is 11.6. The first-order valence-corrected chi connectivity index (χ1v) is 7.87. The van der Waals surface area contributed by atoms with Crippen molar-refractivity contribution in [3.63, 3.8) is 0 Å². The molecule has 0 saturated carbocycles. The molecule has 1 amide bonds. The lowest BCUT2D eigenvalue weighted by molar-refractivity contribution is -0.120. The zero-order chi connectivity index (χ0) is 15.4. The van der Waals surface area contributed by atoms with E-state index in [4.69, 9.17) is 14.2 Å². The molecule has 1 aromatic heterocycles. The van der Waals surface area contributed by atoms with E-state index >= 15 is 0 Å². The minimum absolute atomic E-state index is 0.0371. The van der Waals surface area contributed by atoms with Gasteiger partial charge in [-0.2, -0.15) is 0 Å². The number of thiazole rings is 1. The quantitative estimate of drug-likeness (QED) is 0.917. The Morgan fingerprint density at radius 2 is 2.18 bits per heavy atom.